The van der Waals surface area contributed by atoms with E-state index in [1.807, 2.05) is 0 Å². The van der Waals surface area contributed by atoms with Gasteiger partial charge in [0.1, 0.15) is 6.61 Å². The average Bonchev–Trinajstić information content (AvgIpc) is 2.91. The zero-order valence-corrected chi connectivity index (χ0v) is 15.9. The van der Waals surface area contributed by atoms with Crippen molar-refractivity contribution in [1.82, 2.24) is 0 Å². The Kier molecular flexibility index (Phi) is 3.92. The van der Waals surface area contributed by atoms with Crippen LogP contribution in [0, 0.1) is 40.4 Å². The number of aliphatic hydroxyl groups excluding tert-OH is 1. The van der Waals surface area contributed by atoms with Gasteiger partial charge in [0.05, 0.1) is 0 Å². The molecule has 7 atom stereocenters. The van der Waals surface area contributed by atoms with Crippen LogP contribution in [0.1, 0.15) is 52.9 Å². The van der Waals surface area contributed by atoms with Crippen molar-refractivity contribution in [3.8, 4) is 0 Å². The third kappa shape index (κ3) is 2.29. The molecule has 2 nitrogen and oxygen atoms in total. The maximum absolute atomic E-state index is 12.4. The maximum Gasteiger partial charge on any atom is 0.161 e. The van der Waals surface area contributed by atoms with Gasteiger partial charge in [0.25, 0.3) is 0 Å². The highest BCUT2D eigenvalue weighted by Crippen LogP contribution is 2.67. The molecule has 2 heteroatoms. The number of ketones is 1. The highest BCUT2D eigenvalue weighted by atomic mass is 16.3. The Morgan fingerprint density at radius 2 is 2.08 bits per heavy atom. The maximum atomic E-state index is 12.4. The number of hydrogen-bond acceptors (Lipinski definition) is 2. The number of carbonyl (C=O) groups is 1. The minimum absolute atomic E-state index is 0.0670. The summed E-state index contributed by atoms with van der Waals surface area (Å²) >= 11 is 0. The number of allylic oxidation sites excluding steroid dienone is 5. The molecule has 4 aliphatic rings. The molecule has 1 N–H and O–H groups in total. The van der Waals surface area contributed by atoms with E-state index in [0.29, 0.717) is 23.7 Å². The molecule has 3 fully saturated rings. The van der Waals surface area contributed by atoms with Crippen LogP contribution in [-0.2, 0) is 4.79 Å². The van der Waals surface area contributed by atoms with E-state index in [2.05, 4.69) is 45.6 Å². The molecule has 136 valence electrons. The third-order valence-corrected chi connectivity index (χ3v) is 8.44. The number of rotatable bonds is 2. The quantitative estimate of drug-likeness (QED) is 0.791. The van der Waals surface area contributed by atoms with E-state index in [1.54, 1.807) is 5.57 Å². The summed E-state index contributed by atoms with van der Waals surface area (Å²) in [7, 11) is 0. The van der Waals surface area contributed by atoms with E-state index in [-0.39, 0.29) is 29.1 Å². The van der Waals surface area contributed by atoms with Crippen LogP contribution in [0.5, 0.6) is 0 Å². The molecule has 0 bridgehead atoms. The van der Waals surface area contributed by atoms with Crippen molar-refractivity contribution in [2.45, 2.75) is 52.9 Å². The standard InChI is InChI=1S/C23H32O2/c1-14-9-10-22(3)16(11-14)5-6-17-18-7-8-19(20(25)13-24)23(18,4)12-15(2)21(17)22/h9-11,15,17-19,21,24H,1,5-8,12-13H2,2-4H3/t15-,17?,18?,19?,21?,22-,23-/m0/s1. The lowest BCUT2D eigenvalue weighted by atomic mass is 9.45. The van der Waals surface area contributed by atoms with Gasteiger partial charge in [-0.15, -0.1) is 0 Å². The molecule has 0 heterocycles. The normalized spacial score (nSPS) is 48.4. The first-order valence-corrected chi connectivity index (χ1v) is 10.0. The first kappa shape index (κ1) is 17.3. The fraction of sp³-hybridized carbons (Fsp3) is 0.696. The summed E-state index contributed by atoms with van der Waals surface area (Å²) in [6.45, 7) is 11.0. The zero-order chi connectivity index (χ0) is 18.0. The monoisotopic (exact) mass is 340 g/mol. The Bertz CT molecular complexity index is 672. The van der Waals surface area contributed by atoms with Crippen molar-refractivity contribution in [2.24, 2.45) is 40.4 Å². The number of hydrogen-bond donors (Lipinski definition) is 1. The second-order valence-corrected chi connectivity index (χ2v) is 9.64. The van der Waals surface area contributed by atoms with Crippen molar-refractivity contribution < 1.29 is 9.90 Å². The lowest BCUT2D eigenvalue weighted by Gasteiger charge is -2.59. The molecule has 3 saturated carbocycles. The molecular formula is C23H32O2. The fourth-order valence-electron chi connectivity index (χ4n) is 7.61. The van der Waals surface area contributed by atoms with Crippen molar-refractivity contribution in [1.29, 1.82) is 0 Å². The molecule has 0 amide bonds. The Morgan fingerprint density at radius 1 is 1.32 bits per heavy atom. The Balaban J connectivity index is 1.71. The predicted octanol–water partition coefficient (Wildman–Crippen LogP) is 4.71. The number of carbonyl (C=O) groups excluding carboxylic acids is 1. The molecule has 25 heavy (non-hydrogen) atoms. The van der Waals surface area contributed by atoms with Crippen LogP contribution in [0.2, 0.25) is 0 Å². The SMILES string of the molecule is C=C1C=C[C@@]2(C)C(=C1)CCC1C3CCC(C(=O)CO)[C@@]3(C)C[C@H](C)C12. The molecule has 4 unspecified atom stereocenters. The minimum Gasteiger partial charge on any atom is -0.389 e. The summed E-state index contributed by atoms with van der Waals surface area (Å²) in [4.78, 5) is 12.4. The number of Topliss-reactive ketones (excluding diaryl/α,β-unsaturated/α-hetero) is 1. The Hall–Kier alpha value is -1.15. The first-order chi connectivity index (χ1) is 11.8. The van der Waals surface area contributed by atoms with E-state index in [0.717, 1.165) is 24.8 Å². The van der Waals surface area contributed by atoms with Gasteiger partial charge < -0.3 is 5.11 Å². The molecule has 0 aromatic carbocycles. The number of aliphatic hydroxyl groups is 1. The molecule has 0 aliphatic heterocycles. The molecule has 0 aromatic heterocycles. The van der Waals surface area contributed by atoms with Gasteiger partial charge in [-0.1, -0.05) is 51.2 Å². The van der Waals surface area contributed by atoms with Gasteiger partial charge in [-0.05, 0) is 66.8 Å². The van der Waals surface area contributed by atoms with E-state index < -0.39 is 0 Å². The van der Waals surface area contributed by atoms with E-state index >= 15 is 0 Å². The average molecular weight is 341 g/mol. The van der Waals surface area contributed by atoms with Gasteiger partial charge in [0, 0.05) is 11.3 Å². The summed E-state index contributed by atoms with van der Waals surface area (Å²) in [5.41, 5.74) is 2.94. The van der Waals surface area contributed by atoms with Crippen LogP contribution in [0.4, 0.5) is 0 Å². The largest absolute Gasteiger partial charge is 0.389 e. The van der Waals surface area contributed by atoms with Crippen molar-refractivity contribution >= 4 is 5.78 Å². The predicted molar refractivity (Wildman–Crippen MR) is 101 cm³/mol. The van der Waals surface area contributed by atoms with E-state index in [4.69, 9.17) is 0 Å². The minimum atomic E-state index is -0.287. The highest BCUT2D eigenvalue weighted by molar-refractivity contribution is 5.83. The number of fused-ring (bicyclic) bond motifs is 5. The van der Waals surface area contributed by atoms with Crippen molar-refractivity contribution in [3.05, 3.63) is 36.0 Å². The molecule has 4 rings (SSSR count). The van der Waals surface area contributed by atoms with Gasteiger partial charge in [-0.25, -0.2) is 0 Å². The van der Waals surface area contributed by atoms with Gasteiger partial charge in [0.2, 0.25) is 0 Å². The zero-order valence-electron chi connectivity index (χ0n) is 15.9. The summed E-state index contributed by atoms with van der Waals surface area (Å²) in [5, 5.41) is 9.44. The van der Waals surface area contributed by atoms with Crippen LogP contribution < -0.4 is 0 Å². The van der Waals surface area contributed by atoms with Crippen LogP contribution in [-0.4, -0.2) is 17.5 Å². The molecule has 0 radical (unpaired) electrons. The van der Waals surface area contributed by atoms with Crippen LogP contribution >= 0.6 is 0 Å². The van der Waals surface area contributed by atoms with Gasteiger partial charge in [-0.2, -0.15) is 0 Å². The van der Waals surface area contributed by atoms with E-state index in [1.165, 1.54) is 12.8 Å². The summed E-state index contributed by atoms with van der Waals surface area (Å²) in [6.07, 6.45) is 12.6. The topological polar surface area (TPSA) is 37.3 Å². The van der Waals surface area contributed by atoms with Crippen LogP contribution in [0.25, 0.3) is 0 Å². The lowest BCUT2D eigenvalue weighted by Crippen LogP contribution is -2.53. The molecule has 0 spiro atoms. The van der Waals surface area contributed by atoms with Gasteiger partial charge in [-0.3, -0.25) is 4.79 Å². The molecule has 4 aliphatic carbocycles. The molecular weight excluding hydrogens is 308 g/mol. The molecule has 0 aromatic rings. The Labute approximate surface area is 152 Å². The lowest BCUT2D eigenvalue weighted by molar-refractivity contribution is -0.134. The summed E-state index contributed by atoms with van der Waals surface area (Å²) in [6, 6.07) is 0. The first-order valence-electron chi connectivity index (χ1n) is 10.0. The van der Waals surface area contributed by atoms with Crippen LogP contribution in [0.15, 0.2) is 36.0 Å². The Morgan fingerprint density at radius 3 is 2.80 bits per heavy atom. The highest BCUT2D eigenvalue weighted by Gasteiger charge is 2.61. The fourth-order valence-corrected chi connectivity index (χ4v) is 7.61. The van der Waals surface area contributed by atoms with Crippen molar-refractivity contribution in [2.75, 3.05) is 6.61 Å². The smallest absolute Gasteiger partial charge is 0.161 e. The summed E-state index contributed by atoms with van der Waals surface area (Å²) < 4.78 is 0. The van der Waals surface area contributed by atoms with Gasteiger partial charge >= 0.3 is 0 Å². The molecule has 0 saturated heterocycles. The summed E-state index contributed by atoms with van der Waals surface area (Å²) in [5.74, 6) is 2.74. The van der Waals surface area contributed by atoms with Crippen LogP contribution in [0.3, 0.4) is 0 Å². The van der Waals surface area contributed by atoms with E-state index in [9.17, 15) is 9.90 Å². The van der Waals surface area contributed by atoms with Crippen molar-refractivity contribution in [3.63, 3.8) is 0 Å². The second-order valence-electron chi connectivity index (χ2n) is 9.64. The second kappa shape index (κ2) is 5.67. The van der Waals surface area contributed by atoms with Gasteiger partial charge in [0.15, 0.2) is 5.78 Å². The third-order valence-electron chi connectivity index (χ3n) is 8.44.